The van der Waals surface area contributed by atoms with E-state index >= 15 is 0 Å². The molecule has 3 heteroatoms. The number of nitrogens with two attached hydrogens (primary N) is 1. The number of thioether (sulfide) groups is 1. The molecule has 2 unspecified atom stereocenters. The van der Waals surface area contributed by atoms with Crippen LogP contribution < -0.4 is 5.73 Å². The SMILES string of the molecule is CCC(C)N(C)C(CN)c1ccc(SC)cc1. The first-order valence-corrected chi connectivity index (χ1v) is 7.42. The van der Waals surface area contributed by atoms with Crippen molar-refractivity contribution in [2.75, 3.05) is 19.8 Å². The zero-order chi connectivity index (χ0) is 12.8. The fraction of sp³-hybridized carbons (Fsp3) is 0.571. The molecule has 17 heavy (non-hydrogen) atoms. The third kappa shape index (κ3) is 3.73. The van der Waals surface area contributed by atoms with Crippen LogP contribution in [0.1, 0.15) is 31.9 Å². The molecule has 0 spiro atoms. The van der Waals surface area contributed by atoms with Gasteiger partial charge in [0, 0.05) is 23.5 Å². The van der Waals surface area contributed by atoms with E-state index in [1.807, 2.05) is 0 Å². The van der Waals surface area contributed by atoms with Gasteiger partial charge in [0.2, 0.25) is 0 Å². The lowest BCUT2D eigenvalue weighted by Gasteiger charge is -2.32. The van der Waals surface area contributed by atoms with Crippen molar-refractivity contribution in [2.45, 2.75) is 37.2 Å². The van der Waals surface area contributed by atoms with Crippen molar-refractivity contribution in [3.05, 3.63) is 29.8 Å². The molecule has 0 heterocycles. The van der Waals surface area contributed by atoms with Gasteiger partial charge in [0.25, 0.3) is 0 Å². The van der Waals surface area contributed by atoms with Crippen molar-refractivity contribution in [2.24, 2.45) is 5.73 Å². The highest BCUT2D eigenvalue weighted by atomic mass is 32.2. The van der Waals surface area contributed by atoms with Crippen LogP contribution in [0.25, 0.3) is 0 Å². The number of nitrogens with zero attached hydrogens (tertiary/aromatic N) is 1. The fourth-order valence-corrected chi connectivity index (χ4v) is 2.37. The van der Waals surface area contributed by atoms with Gasteiger partial charge in [-0.25, -0.2) is 0 Å². The van der Waals surface area contributed by atoms with Gasteiger partial charge in [-0.15, -0.1) is 11.8 Å². The van der Waals surface area contributed by atoms with Crippen LogP contribution in [0.3, 0.4) is 0 Å². The van der Waals surface area contributed by atoms with Crippen LogP contribution in [0.5, 0.6) is 0 Å². The Morgan fingerprint density at radius 2 is 1.88 bits per heavy atom. The van der Waals surface area contributed by atoms with Crippen molar-refractivity contribution in [3.63, 3.8) is 0 Å². The summed E-state index contributed by atoms with van der Waals surface area (Å²) in [7, 11) is 2.16. The van der Waals surface area contributed by atoms with Gasteiger partial charge in [-0.05, 0) is 44.3 Å². The molecule has 0 saturated heterocycles. The normalized spacial score (nSPS) is 14.9. The van der Waals surface area contributed by atoms with Gasteiger partial charge in [0.15, 0.2) is 0 Å². The Labute approximate surface area is 110 Å². The number of hydrogen-bond donors (Lipinski definition) is 1. The highest BCUT2D eigenvalue weighted by molar-refractivity contribution is 7.98. The van der Waals surface area contributed by atoms with E-state index in [2.05, 4.69) is 56.3 Å². The Hall–Kier alpha value is -0.510. The van der Waals surface area contributed by atoms with Crippen molar-refractivity contribution >= 4 is 11.8 Å². The monoisotopic (exact) mass is 252 g/mol. The maximum atomic E-state index is 5.92. The number of rotatable bonds is 6. The molecular formula is C14H24N2S. The van der Waals surface area contributed by atoms with Gasteiger partial charge in [0.05, 0.1) is 0 Å². The van der Waals surface area contributed by atoms with E-state index in [1.165, 1.54) is 10.5 Å². The third-order valence-corrected chi connectivity index (χ3v) is 4.25. The summed E-state index contributed by atoms with van der Waals surface area (Å²) in [6.45, 7) is 5.13. The van der Waals surface area contributed by atoms with Gasteiger partial charge in [-0.2, -0.15) is 0 Å². The molecule has 1 aromatic rings. The Balaban J connectivity index is 2.85. The highest BCUT2D eigenvalue weighted by Crippen LogP contribution is 2.24. The zero-order valence-electron chi connectivity index (χ0n) is 11.3. The fourth-order valence-electron chi connectivity index (χ4n) is 1.96. The largest absolute Gasteiger partial charge is 0.329 e. The van der Waals surface area contributed by atoms with Crippen LogP contribution in [-0.4, -0.2) is 30.8 Å². The van der Waals surface area contributed by atoms with Gasteiger partial charge in [-0.3, -0.25) is 4.90 Å². The molecule has 0 aliphatic carbocycles. The van der Waals surface area contributed by atoms with E-state index in [0.717, 1.165) is 6.42 Å². The smallest absolute Gasteiger partial charge is 0.0470 e. The minimum Gasteiger partial charge on any atom is -0.329 e. The summed E-state index contributed by atoms with van der Waals surface area (Å²) in [6.07, 6.45) is 3.25. The van der Waals surface area contributed by atoms with Crippen molar-refractivity contribution < 1.29 is 0 Å². The predicted octanol–water partition coefficient (Wildman–Crippen LogP) is 3.14. The molecular weight excluding hydrogens is 228 g/mol. The van der Waals surface area contributed by atoms with E-state index in [9.17, 15) is 0 Å². The van der Waals surface area contributed by atoms with Crippen LogP contribution in [0.15, 0.2) is 29.2 Å². The molecule has 96 valence electrons. The Kier molecular flexibility index (Phi) is 6.03. The predicted molar refractivity (Wildman–Crippen MR) is 77.5 cm³/mol. The lowest BCUT2D eigenvalue weighted by atomic mass is 10.0. The highest BCUT2D eigenvalue weighted by Gasteiger charge is 2.18. The number of hydrogen-bond acceptors (Lipinski definition) is 3. The summed E-state index contributed by atoms with van der Waals surface area (Å²) in [6, 6.07) is 9.62. The maximum absolute atomic E-state index is 5.92. The first kappa shape index (κ1) is 14.6. The summed E-state index contributed by atoms with van der Waals surface area (Å²) in [4.78, 5) is 3.67. The first-order chi connectivity index (χ1) is 8.13. The Morgan fingerprint density at radius 3 is 2.29 bits per heavy atom. The lowest BCUT2D eigenvalue weighted by Crippen LogP contribution is -2.36. The van der Waals surface area contributed by atoms with Crippen LogP contribution in [0.4, 0.5) is 0 Å². The molecule has 0 aromatic heterocycles. The zero-order valence-corrected chi connectivity index (χ0v) is 12.1. The van der Waals surface area contributed by atoms with Crippen molar-refractivity contribution in [1.82, 2.24) is 4.90 Å². The van der Waals surface area contributed by atoms with Gasteiger partial charge >= 0.3 is 0 Å². The molecule has 0 fully saturated rings. The van der Waals surface area contributed by atoms with Crippen LogP contribution >= 0.6 is 11.8 Å². The minimum absolute atomic E-state index is 0.320. The average Bonchev–Trinajstić information content (AvgIpc) is 2.39. The van der Waals surface area contributed by atoms with Gasteiger partial charge in [-0.1, -0.05) is 19.1 Å². The molecule has 0 aliphatic heterocycles. The Morgan fingerprint density at radius 1 is 1.29 bits per heavy atom. The molecule has 0 aliphatic rings. The standard InChI is InChI=1S/C14H24N2S/c1-5-11(2)16(3)14(10-15)12-6-8-13(17-4)9-7-12/h6-9,11,14H,5,10,15H2,1-4H3. The summed E-state index contributed by atoms with van der Waals surface area (Å²) in [5, 5.41) is 0. The van der Waals surface area contributed by atoms with Crippen LogP contribution in [0.2, 0.25) is 0 Å². The molecule has 0 amide bonds. The summed E-state index contributed by atoms with van der Waals surface area (Å²) in [5.41, 5.74) is 7.23. The molecule has 2 N–H and O–H groups in total. The average molecular weight is 252 g/mol. The molecule has 1 aromatic carbocycles. The lowest BCUT2D eigenvalue weighted by molar-refractivity contribution is 0.184. The molecule has 0 saturated carbocycles. The molecule has 2 atom stereocenters. The van der Waals surface area contributed by atoms with Gasteiger partial charge < -0.3 is 5.73 Å². The topological polar surface area (TPSA) is 29.3 Å². The molecule has 0 bridgehead atoms. The molecule has 2 nitrogen and oxygen atoms in total. The summed E-state index contributed by atoms with van der Waals surface area (Å²) < 4.78 is 0. The van der Waals surface area contributed by atoms with E-state index < -0.39 is 0 Å². The van der Waals surface area contributed by atoms with E-state index in [0.29, 0.717) is 18.6 Å². The second kappa shape index (κ2) is 7.04. The van der Waals surface area contributed by atoms with E-state index in [1.54, 1.807) is 11.8 Å². The second-order valence-corrected chi connectivity index (χ2v) is 5.33. The first-order valence-electron chi connectivity index (χ1n) is 6.20. The number of benzene rings is 1. The van der Waals surface area contributed by atoms with Crippen molar-refractivity contribution in [3.8, 4) is 0 Å². The molecule has 1 rings (SSSR count). The minimum atomic E-state index is 0.320. The summed E-state index contributed by atoms with van der Waals surface area (Å²) >= 11 is 1.77. The molecule has 0 radical (unpaired) electrons. The third-order valence-electron chi connectivity index (χ3n) is 3.50. The van der Waals surface area contributed by atoms with Crippen LogP contribution in [0, 0.1) is 0 Å². The second-order valence-electron chi connectivity index (χ2n) is 4.45. The Bertz CT molecular complexity index is 323. The van der Waals surface area contributed by atoms with Crippen molar-refractivity contribution in [1.29, 1.82) is 0 Å². The van der Waals surface area contributed by atoms with E-state index in [4.69, 9.17) is 5.73 Å². The number of likely N-dealkylation sites (N-methyl/N-ethyl adjacent to an activating group) is 1. The van der Waals surface area contributed by atoms with E-state index in [-0.39, 0.29) is 0 Å². The maximum Gasteiger partial charge on any atom is 0.0470 e. The van der Waals surface area contributed by atoms with Crippen LogP contribution in [-0.2, 0) is 0 Å². The summed E-state index contributed by atoms with van der Waals surface area (Å²) in [5.74, 6) is 0. The van der Waals surface area contributed by atoms with Gasteiger partial charge in [0.1, 0.15) is 0 Å². The quantitative estimate of drug-likeness (QED) is 0.789.